The highest BCUT2D eigenvalue weighted by Crippen LogP contribution is 2.23. The Balaban J connectivity index is 2.00. The number of amides is 1. The van der Waals surface area contributed by atoms with Gasteiger partial charge in [0.25, 0.3) is 11.5 Å². The van der Waals surface area contributed by atoms with Crippen molar-refractivity contribution in [3.8, 4) is 0 Å². The Kier molecular flexibility index (Phi) is 7.74. The van der Waals surface area contributed by atoms with Gasteiger partial charge >= 0.3 is 0 Å². The smallest absolute Gasteiger partial charge is 0.274 e. The van der Waals surface area contributed by atoms with Crippen molar-refractivity contribution in [1.29, 1.82) is 0 Å². The third-order valence-electron chi connectivity index (χ3n) is 5.63. The fourth-order valence-corrected chi connectivity index (χ4v) is 4.54. The molecule has 172 valence electrons. The molecule has 32 heavy (non-hydrogen) atoms. The van der Waals surface area contributed by atoms with Gasteiger partial charge < -0.3 is 19.2 Å². The minimum atomic E-state index is -1.23. The molecule has 0 saturated heterocycles. The van der Waals surface area contributed by atoms with Crippen molar-refractivity contribution in [2.75, 3.05) is 13.2 Å². The maximum Gasteiger partial charge on any atom is 0.274 e. The molecule has 0 aliphatic carbocycles. The second-order valence-electron chi connectivity index (χ2n) is 9.48. The number of aryl methyl sites for hydroxylation is 3. The summed E-state index contributed by atoms with van der Waals surface area (Å²) in [5, 5.41) is 3.70. The molecule has 0 fully saturated rings. The third-order valence-corrected chi connectivity index (χ3v) is 7.33. The first-order valence-corrected chi connectivity index (χ1v) is 15.0. The second kappa shape index (κ2) is 10.3. The molecule has 7 heteroatoms. The Morgan fingerprint density at radius 1 is 1.12 bits per heavy atom. The quantitative estimate of drug-likeness (QED) is 0.370. The number of carbonyl (C=O) groups is 1. The van der Waals surface area contributed by atoms with E-state index in [1.165, 1.54) is 5.56 Å². The van der Waals surface area contributed by atoms with Gasteiger partial charge in [-0.1, -0.05) is 50.0 Å². The Bertz CT molecular complexity index is 1130. The van der Waals surface area contributed by atoms with Gasteiger partial charge in [-0.25, -0.2) is 0 Å². The average molecular weight is 454 g/mol. The fraction of sp³-hybridized carbons (Fsp3) is 0.440. The van der Waals surface area contributed by atoms with Crippen molar-refractivity contribution in [2.24, 2.45) is 7.05 Å². The molecule has 6 nitrogen and oxygen atoms in total. The van der Waals surface area contributed by atoms with Crippen molar-refractivity contribution in [1.82, 2.24) is 14.5 Å². The highest BCUT2D eigenvalue weighted by molar-refractivity contribution is 6.76. The molecule has 3 rings (SSSR count). The van der Waals surface area contributed by atoms with Crippen LogP contribution in [0.2, 0.25) is 25.7 Å². The number of benzene rings is 1. The van der Waals surface area contributed by atoms with Gasteiger partial charge in [-0.15, -0.1) is 0 Å². The molecule has 0 aliphatic heterocycles. The number of fused-ring (bicyclic) bond motifs is 1. The fourth-order valence-electron chi connectivity index (χ4n) is 3.78. The molecular formula is C25H35N3O3Si. The van der Waals surface area contributed by atoms with E-state index in [0.717, 1.165) is 29.8 Å². The summed E-state index contributed by atoms with van der Waals surface area (Å²) in [5.74, 6) is -0.187. The number of ether oxygens (including phenoxy) is 1. The summed E-state index contributed by atoms with van der Waals surface area (Å²) in [7, 11) is 0.535. The minimum absolute atomic E-state index is 0.118. The van der Waals surface area contributed by atoms with E-state index in [4.69, 9.17) is 4.74 Å². The number of rotatable bonds is 10. The van der Waals surface area contributed by atoms with E-state index in [2.05, 4.69) is 37.1 Å². The standard InChI is InChI=1S/C25H35N3O3Si/c1-6-26-24(29)22-16-21-20(13-12-19-10-8-7-9-11-19)17-27(2)25(30)23(21)28(22)18-31-14-15-32(3,4)5/h7-11,16-17H,6,12-15,18H2,1-5H3,(H,26,29). The number of hydrogen-bond donors (Lipinski definition) is 1. The number of pyridine rings is 1. The van der Waals surface area contributed by atoms with E-state index in [9.17, 15) is 9.59 Å². The molecule has 0 atom stereocenters. The van der Waals surface area contributed by atoms with Crippen LogP contribution in [0.3, 0.4) is 0 Å². The normalized spacial score (nSPS) is 11.8. The second-order valence-corrected chi connectivity index (χ2v) is 15.1. The van der Waals surface area contributed by atoms with E-state index in [1.54, 1.807) is 16.2 Å². The van der Waals surface area contributed by atoms with Gasteiger partial charge in [-0.2, -0.15) is 0 Å². The van der Waals surface area contributed by atoms with Gasteiger partial charge in [0, 0.05) is 39.9 Å². The van der Waals surface area contributed by atoms with Gasteiger partial charge in [0.2, 0.25) is 0 Å². The largest absolute Gasteiger partial charge is 0.361 e. The molecule has 1 aromatic carbocycles. The maximum atomic E-state index is 13.1. The van der Waals surface area contributed by atoms with Crippen molar-refractivity contribution in [3.05, 3.63) is 69.8 Å². The van der Waals surface area contributed by atoms with Gasteiger partial charge in [0.1, 0.15) is 17.9 Å². The van der Waals surface area contributed by atoms with Crippen LogP contribution < -0.4 is 10.9 Å². The van der Waals surface area contributed by atoms with Crippen LogP contribution in [0.4, 0.5) is 0 Å². The van der Waals surface area contributed by atoms with E-state index in [0.29, 0.717) is 24.4 Å². The highest BCUT2D eigenvalue weighted by atomic mass is 28.3. The molecule has 0 bridgehead atoms. The van der Waals surface area contributed by atoms with Crippen LogP contribution in [-0.2, 0) is 31.4 Å². The minimum Gasteiger partial charge on any atom is -0.361 e. The molecule has 0 spiro atoms. The summed E-state index contributed by atoms with van der Waals surface area (Å²) < 4.78 is 9.33. The monoisotopic (exact) mass is 453 g/mol. The molecule has 1 N–H and O–H groups in total. The Hall–Kier alpha value is -2.64. The molecule has 1 amide bonds. The zero-order chi connectivity index (χ0) is 23.3. The van der Waals surface area contributed by atoms with E-state index in [1.807, 2.05) is 37.4 Å². The topological polar surface area (TPSA) is 65.3 Å². The summed E-state index contributed by atoms with van der Waals surface area (Å²) >= 11 is 0. The van der Waals surface area contributed by atoms with Gasteiger partial charge in [-0.05, 0) is 43.0 Å². The number of carbonyl (C=O) groups excluding carboxylic acids is 1. The van der Waals surface area contributed by atoms with E-state index >= 15 is 0 Å². The predicted molar refractivity (Wildman–Crippen MR) is 133 cm³/mol. The zero-order valence-electron chi connectivity index (χ0n) is 19.9. The molecule has 0 saturated carbocycles. The van der Waals surface area contributed by atoms with Crippen molar-refractivity contribution in [2.45, 2.75) is 52.2 Å². The lowest BCUT2D eigenvalue weighted by Gasteiger charge is -2.17. The summed E-state index contributed by atoms with van der Waals surface area (Å²) in [5.41, 5.74) is 3.18. The summed E-state index contributed by atoms with van der Waals surface area (Å²) in [6, 6.07) is 13.2. The van der Waals surface area contributed by atoms with Crippen LogP contribution in [0, 0.1) is 0 Å². The summed E-state index contributed by atoms with van der Waals surface area (Å²) in [4.78, 5) is 25.9. The summed E-state index contributed by atoms with van der Waals surface area (Å²) in [6.45, 7) is 10.1. The molecule has 0 unspecified atom stereocenters. The van der Waals surface area contributed by atoms with Crippen LogP contribution >= 0.6 is 0 Å². The average Bonchev–Trinajstić information content (AvgIpc) is 3.13. The Morgan fingerprint density at radius 2 is 1.84 bits per heavy atom. The molecule has 0 aliphatic rings. The number of nitrogens with one attached hydrogen (secondary N) is 1. The SMILES string of the molecule is CCNC(=O)c1cc2c(CCc3ccccc3)cn(C)c(=O)c2n1COCC[Si](C)(C)C. The van der Waals surface area contributed by atoms with Crippen LogP contribution in [-0.4, -0.2) is 36.3 Å². The van der Waals surface area contributed by atoms with Crippen LogP contribution in [0.25, 0.3) is 10.9 Å². The lowest BCUT2D eigenvalue weighted by atomic mass is 10.0. The number of hydrogen-bond acceptors (Lipinski definition) is 3. The van der Waals surface area contributed by atoms with Crippen LogP contribution in [0.15, 0.2) is 47.4 Å². The Labute approximate surface area is 191 Å². The van der Waals surface area contributed by atoms with E-state index < -0.39 is 8.07 Å². The van der Waals surface area contributed by atoms with Crippen molar-refractivity contribution < 1.29 is 9.53 Å². The molecule has 2 heterocycles. The highest BCUT2D eigenvalue weighted by Gasteiger charge is 2.21. The summed E-state index contributed by atoms with van der Waals surface area (Å²) in [6.07, 6.45) is 3.54. The third kappa shape index (κ3) is 5.78. The first-order valence-electron chi connectivity index (χ1n) is 11.3. The van der Waals surface area contributed by atoms with Crippen LogP contribution in [0.5, 0.6) is 0 Å². The van der Waals surface area contributed by atoms with Gasteiger partial charge in [-0.3, -0.25) is 9.59 Å². The molecular weight excluding hydrogens is 418 g/mol. The maximum absolute atomic E-state index is 13.1. The lowest BCUT2D eigenvalue weighted by molar-refractivity contribution is 0.0811. The number of aromatic nitrogens is 2. The first kappa shape index (κ1) is 24.0. The first-order chi connectivity index (χ1) is 15.2. The van der Waals surface area contributed by atoms with E-state index in [-0.39, 0.29) is 18.2 Å². The van der Waals surface area contributed by atoms with Crippen LogP contribution in [0.1, 0.15) is 28.5 Å². The Morgan fingerprint density at radius 3 is 2.50 bits per heavy atom. The van der Waals surface area contributed by atoms with Gasteiger partial charge in [0.05, 0.1) is 0 Å². The van der Waals surface area contributed by atoms with Crippen molar-refractivity contribution >= 4 is 24.9 Å². The molecule has 0 radical (unpaired) electrons. The predicted octanol–water partition coefficient (Wildman–Crippen LogP) is 4.19. The molecule has 2 aromatic heterocycles. The number of nitrogens with zero attached hydrogens (tertiary/aromatic N) is 2. The molecule has 3 aromatic rings. The van der Waals surface area contributed by atoms with Crippen molar-refractivity contribution in [3.63, 3.8) is 0 Å². The lowest BCUT2D eigenvalue weighted by Crippen LogP contribution is -2.28. The zero-order valence-corrected chi connectivity index (χ0v) is 20.9. The van der Waals surface area contributed by atoms with Gasteiger partial charge in [0.15, 0.2) is 0 Å².